The highest BCUT2D eigenvalue weighted by molar-refractivity contribution is 8.00. The van der Waals surface area contributed by atoms with Crippen molar-refractivity contribution in [3.63, 3.8) is 0 Å². The Morgan fingerprint density at radius 3 is 2.64 bits per heavy atom. The molecule has 0 spiro atoms. The molecule has 1 rings (SSSR count). The van der Waals surface area contributed by atoms with Crippen LogP contribution in [0, 0.1) is 0 Å². The van der Waals surface area contributed by atoms with Crippen molar-refractivity contribution in [1.82, 2.24) is 0 Å². The van der Waals surface area contributed by atoms with Crippen LogP contribution < -0.4 is 5.73 Å². The monoisotopic (exact) mass is 231 g/mol. The molecule has 0 heterocycles. The van der Waals surface area contributed by atoms with Crippen LogP contribution in [0.4, 0.5) is 5.69 Å². The fraction of sp³-hybridized carbons (Fsp3) is 0.400. The molecule has 0 amide bonds. The molecule has 0 saturated heterocycles. The Bertz CT molecular complexity index is 317. The molecule has 14 heavy (non-hydrogen) atoms. The molecule has 3 N–H and O–H groups in total. The Balaban J connectivity index is 2.80. The van der Waals surface area contributed by atoms with Crippen molar-refractivity contribution in [1.29, 1.82) is 0 Å². The molecule has 1 aromatic rings. The highest BCUT2D eigenvalue weighted by Gasteiger charge is 2.12. The van der Waals surface area contributed by atoms with Gasteiger partial charge < -0.3 is 10.8 Å². The zero-order chi connectivity index (χ0) is 10.7. The Hall–Kier alpha value is -0.380. The lowest BCUT2D eigenvalue weighted by molar-refractivity contribution is 0.196. The second kappa shape index (κ2) is 4.91. The highest BCUT2D eigenvalue weighted by Crippen LogP contribution is 2.32. The number of aliphatic hydroxyl groups is 1. The van der Waals surface area contributed by atoms with Crippen LogP contribution in [0.3, 0.4) is 0 Å². The maximum Gasteiger partial charge on any atom is 0.0631 e. The van der Waals surface area contributed by atoms with Gasteiger partial charge in [0.1, 0.15) is 0 Å². The van der Waals surface area contributed by atoms with E-state index in [0.717, 1.165) is 4.90 Å². The lowest BCUT2D eigenvalue weighted by atomic mass is 10.3. The molecule has 2 nitrogen and oxygen atoms in total. The van der Waals surface area contributed by atoms with Gasteiger partial charge in [-0.3, -0.25) is 0 Å². The predicted molar refractivity (Wildman–Crippen MR) is 62.9 cm³/mol. The minimum Gasteiger partial charge on any atom is -0.398 e. The smallest absolute Gasteiger partial charge is 0.0631 e. The molecule has 0 aliphatic rings. The average molecular weight is 232 g/mol. The van der Waals surface area contributed by atoms with Crippen LogP contribution in [0.5, 0.6) is 0 Å². The van der Waals surface area contributed by atoms with E-state index in [1.165, 1.54) is 11.8 Å². The highest BCUT2D eigenvalue weighted by atomic mass is 35.5. The number of benzene rings is 1. The molecule has 0 aromatic heterocycles. The molecule has 0 bridgehead atoms. The van der Waals surface area contributed by atoms with Crippen molar-refractivity contribution in [3.05, 3.63) is 23.2 Å². The van der Waals surface area contributed by atoms with Gasteiger partial charge in [-0.05, 0) is 25.1 Å². The largest absolute Gasteiger partial charge is 0.398 e. The van der Waals surface area contributed by atoms with E-state index < -0.39 is 0 Å². The Kier molecular flexibility index (Phi) is 4.11. The Labute approximate surface area is 93.5 Å². The average Bonchev–Trinajstić information content (AvgIpc) is 2.11. The maximum absolute atomic E-state index is 9.35. The second-order valence-electron chi connectivity index (χ2n) is 3.25. The predicted octanol–water partition coefficient (Wildman–Crippen LogP) is 2.78. The summed E-state index contributed by atoms with van der Waals surface area (Å²) in [5, 5.41) is 10.1. The quantitative estimate of drug-likeness (QED) is 0.621. The summed E-state index contributed by atoms with van der Waals surface area (Å²) < 4.78 is 0. The first-order chi connectivity index (χ1) is 6.50. The van der Waals surface area contributed by atoms with E-state index in [0.29, 0.717) is 10.7 Å². The van der Waals surface area contributed by atoms with Gasteiger partial charge in [0.25, 0.3) is 0 Å². The number of nitrogens with two attached hydrogens (primary N) is 1. The molecule has 2 atom stereocenters. The zero-order valence-corrected chi connectivity index (χ0v) is 9.77. The van der Waals surface area contributed by atoms with Crippen molar-refractivity contribution in [2.24, 2.45) is 0 Å². The fourth-order valence-electron chi connectivity index (χ4n) is 0.909. The lowest BCUT2D eigenvalue weighted by Crippen LogP contribution is -2.15. The molecule has 4 heteroatoms. The van der Waals surface area contributed by atoms with E-state index in [1.807, 2.05) is 13.0 Å². The van der Waals surface area contributed by atoms with Gasteiger partial charge in [-0.25, -0.2) is 0 Å². The van der Waals surface area contributed by atoms with Crippen molar-refractivity contribution in [2.75, 3.05) is 5.73 Å². The van der Waals surface area contributed by atoms with Gasteiger partial charge in [-0.15, -0.1) is 11.8 Å². The first-order valence-electron chi connectivity index (χ1n) is 4.40. The van der Waals surface area contributed by atoms with Gasteiger partial charge in [0.05, 0.1) is 6.10 Å². The van der Waals surface area contributed by atoms with Gasteiger partial charge >= 0.3 is 0 Å². The molecule has 0 fully saturated rings. The van der Waals surface area contributed by atoms with Crippen LogP contribution in [0.2, 0.25) is 5.02 Å². The van der Waals surface area contributed by atoms with Crippen LogP contribution in [0.25, 0.3) is 0 Å². The Morgan fingerprint density at radius 2 is 2.07 bits per heavy atom. The summed E-state index contributed by atoms with van der Waals surface area (Å²) in [6.07, 6.45) is -0.363. The summed E-state index contributed by atoms with van der Waals surface area (Å²) in [5.74, 6) is 0. The van der Waals surface area contributed by atoms with E-state index in [2.05, 4.69) is 0 Å². The molecule has 0 aliphatic heterocycles. The molecule has 0 aliphatic carbocycles. The van der Waals surface area contributed by atoms with E-state index >= 15 is 0 Å². The minimum absolute atomic E-state index is 0.107. The normalized spacial score (nSPS) is 15.1. The number of halogens is 1. The molecular formula is C10H14ClNOS. The number of rotatable bonds is 3. The maximum atomic E-state index is 9.35. The van der Waals surface area contributed by atoms with E-state index in [9.17, 15) is 5.11 Å². The van der Waals surface area contributed by atoms with Crippen molar-refractivity contribution < 1.29 is 5.11 Å². The molecule has 78 valence electrons. The van der Waals surface area contributed by atoms with E-state index in [1.54, 1.807) is 19.1 Å². The lowest BCUT2D eigenvalue weighted by Gasteiger charge is -2.15. The zero-order valence-electron chi connectivity index (χ0n) is 8.20. The van der Waals surface area contributed by atoms with Gasteiger partial charge in [0, 0.05) is 20.9 Å². The molecule has 2 unspecified atom stereocenters. The molecule has 0 saturated carbocycles. The third-order valence-corrected chi connectivity index (χ3v) is 3.58. The van der Waals surface area contributed by atoms with Crippen molar-refractivity contribution >= 4 is 29.1 Å². The fourth-order valence-corrected chi connectivity index (χ4v) is 2.14. The summed E-state index contributed by atoms with van der Waals surface area (Å²) in [5.41, 5.74) is 6.48. The standard InChI is InChI=1S/C10H14ClNOS/c1-6(13)7(2)14-10-5-8(11)3-4-9(10)12/h3-7,13H,12H2,1-2H3. The van der Waals surface area contributed by atoms with Crippen LogP contribution in [-0.2, 0) is 0 Å². The number of aliphatic hydroxyl groups excluding tert-OH is 1. The third kappa shape index (κ3) is 3.08. The molecule has 1 aromatic carbocycles. The number of anilines is 1. The van der Waals surface area contributed by atoms with Crippen molar-refractivity contribution in [3.8, 4) is 0 Å². The van der Waals surface area contributed by atoms with Gasteiger partial charge in [-0.1, -0.05) is 18.5 Å². The van der Waals surface area contributed by atoms with Crippen LogP contribution in [0.1, 0.15) is 13.8 Å². The summed E-state index contributed by atoms with van der Waals surface area (Å²) in [7, 11) is 0. The third-order valence-electron chi connectivity index (χ3n) is 1.97. The summed E-state index contributed by atoms with van der Waals surface area (Å²) in [6.45, 7) is 3.72. The Morgan fingerprint density at radius 1 is 1.43 bits per heavy atom. The first-order valence-corrected chi connectivity index (χ1v) is 5.66. The number of nitrogen functional groups attached to an aromatic ring is 1. The van der Waals surface area contributed by atoms with Crippen LogP contribution in [0.15, 0.2) is 23.1 Å². The summed E-state index contributed by atoms with van der Waals surface area (Å²) >= 11 is 7.38. The second-order valence-corrected chi connectivity index (χ2v) is 5.10. The van der Waals surface area contributed by atoms with E-state index in [4.69, 9.17) is 17.3 Å². The SMILES string of the molecule is CC(O)C(C)Sc1cc(Cl)ccc1N. The molecular weight excluding hydrogens is 218 g/mol. The van der Waals surface area contributed by atoms with Gasteiger partial charge in [0.2, 0.25) is 0 Å². The molecule has 0 radical (unpaired) electrons. The summed E-state index contributed by atoms with van der Waals surface area (Å²) in [6, 6.07) is 5.36. The van der Waals surface area contributed by atoms with Gasteiger partial charge in [0.15, 0.2) is 0 Å². The topological polar surface area (TPSA) is 46.2 Å². The van der Waals surface area contributed by atoms with Crippen LogP contribution >= 0.6 is 23.4 Å². The van der Waals surface area contributed by atoms with Crippen LogP contribution in [-0.4, -0.2) is 16.5 Å². The number of thioether (sulfide) groups is 1. The summed E-state index contributed by atoms with van der Waals surface area (Å²) in [4.78, 5) is 0.922. The number of hydrogen-bond donors (Lipinski definition) is 2. The first kappa shape index (κ1) is 11.7. The van der Waals surface area contributed by atoms with Gasteiger partial charge in [-0.2, -0.15) is 0 Å². The van der Waals surface area contributed by atoms with Crippen molar-refractivity contribution in [2.45, 2.75) is 30.1 Å². The number of hydrogen-bond acceptors (Lipinski definition) is 3. The minimum atomic E-state index is -0.363. The van der Waals surface area contributed by atoms with E-state index in [-0.39, 0.29) is 11.4 Å².